The van der Waals surface area contributed by atoms with Gasteiger partial charge in [-0.3, -0.25) is 9.59 Å². The van der Waals surface area contributed by atoms with Crippen LogP contribution < -0.4 is 9.64 Å². The lowest BCUT2D eigenvalue weighted by Crippen LogP contribution is -2.33. The predicted molar refractivity (Wildman–Crippen MR) is 136 cm³/mol. The fourth-order valence-corrected chi connectivity index (χ4v) is 5.34. The molecule has 0 radical (unpaired) electrons. The Morgan fingerprint density at radius 2 is 1.86 bits per heavy atom. The number of hydrogen-bond acceptors (Lipinski definition) is 5. The van der Waals surface area contributed by atoms with Crippen molar-refractivity contribution in [1.29, 1.82) is 0 Å². The maximum Gasteiger partial charge on any atom is 0.290 e. The van der Waals surface area contributed by atoms with Crippen LogP contribution in [0.2, 0.25) is 0 Å². The van der Waals surface area contributed by atoms with Crippen molar-refractivity contribution >= 4 is 28.3 Å². The minimum atomic E-state index is -0.602. The summed E-state index contributed by atoms with van der Waals surface area (Å²) in [5, 5.41) is 11.7. The molecular formula is C28H31N3O4. The normalized spacial score (nSPS) is 18.6. The van der Waals surface area contributed by atoms with E-state index >= 15 is 0 Å². The number of ether oxygens (including phenoxy) is 1. The van der Waals surface area contributed by atoms with Gasteiger partial charge in [0.05, 0.1) is 18.7 Å². The number of carbonyl (C=O) groups is 2. The van der Waals surface area contributed by atoms with Crippen molar-refractivity contribution in [2.45, 2.75) is 38.6 Å². The molecule has 2 aliphatic rings. The van der Waals surface area contributed by atoms with Gasteiger partial charge in [0.1, 0.15) is 5.75 Å². The highest BCUT2D eigenvalue weighted by atomic mass is 16.5. The van der Waals surface area contributed by atoms with Crippen molar-refractivity contribution in [3.05, 3.63) is 71.1 Å². The highest BCUT2D eigenvalue weighted by Crippen LogP contribution is 2.38. The SMILES string of the molecule is COc1ccc2[nH]cc(CCN3C(=O)C(O)=C(C(C)=O)C3c3ccc(N4CCCCC4)cc3)c2c1. The largest absolute Gasteiger partial charge is 0.503 e. The van der Waals surface area contributed by atoms with Gasteiger partial charge in [-0.1, -0.05) is 12.1 Å². The van der Waals surface area contributed by atoms with E-state index < -0.39 is 17.7 Å². The van der Waals surface area contributed by atoms with Crippen LogP contribution in [0.4, 0.5) is 5.69 Å². The van der Waals surface area contributed by atoms with E-state index in [2.05, 4.69) is 22.0 Å². The number of aliphatic hydroxyl groups excluding tert-OH is 1. The molecule has 0 spiro atoms. The third-order valence-corrected chi connectivity index (χ3v) is 7.21. The van der Waals surface area contributed by atoms with Gasteiger partial charge in [-0.05, 0) is 74.1 Å². The van der Waals surface area contributed by atoms with Crippen LogP contribution >= 0.6 is 0 Å². The molecule has 1 saturated heterocycles. The number of anilines is 1. The van der Waals surface area contributed by atoms with Crippen molar-refractivity contribution in [2.75, 3.05) is 31.6 Å². The molecule has 2 aliphatic heterocycles. The van der Waals surface area contributed by atoms with Crippen molar-refractivity contribution < 1.29 is 19.4 Å². The minimum Gasteiger partial charge on any atom is -0.503 e. The summed E-state index contributed by atoms with van der Waals surface area (Å²) in [6.45, 7) is 3.86. The van der Waals surface area contributed by atoms with Crippen LogP contribution in [-0.4, -0.2) is 53.4 Å². The summed E-state index contributed by atoms with van der Waals surface area (Å²) in [4.78, 5) is 32.8. The molecule has 7 nitrogen and oxygen atoms in total. The highest BCUT2D eigenvalue weighted by molar-refractivity contribution is 6.08. The summed E-state index contributed by atoms with van der Waals surface area (Å²) in [5.41, 5.74) is 4.18. The molecule has 2 N–H and O–H groups in total. The van der Waals surface area contributed by atoms with E-state index in [-0.39, 0.29) is 11.4 Å². The smallest absolute Gasteiger partial charge is 0.290 e. The Bertz CT molecular complexity index is 1290. The standard InChI is InChI=1S/C28H31N3O4/c1-18(32)25-26(19-6-8-21(9-7-19)30-13-4-3-5-14-30)31(28(34)27(25)33)15-12-20-17-29-24-11-10-22(35-2)16-23(20)24/h6-11,16-17,26,29,33H,3-5,12-15H2,1-2H3. The molecule has 0 bridgehead atoms. The minimum absolute atomic E-state index is 0.168. The Balaban J connectivity index is 1.42. The third kappa shape index (κ3) is 4.27. The topological polar surface area (TPSA) is 85.9 Å². The van der Waals surface area contributed by atoms with Gasteiger partial charge < -0.3 is 24.6 Å². The number of fused-ring (bicyclic) bond motifs is 1. The average Bonchev–Trinajstić information content (AvgIpc) is 3.40. The average molecular weight is 474 g/mol. The van der Waals surface area contributed by atoms with E-state index in [1.807, 2.05) is 36.5 Å². The molecule has 0 aliphatic carbocycles. The van der Waals surface area contributed by atoms with Crippen LogP contribution in [0.25, 0.3) is 10.9 Å². The van der Waals surface area contributed by atoms with Gasteiger partial charge in [-0.25, -0.2) is 0 Å². The summed E-state index contributed by atoms with van der Waals surface area (Å²) in [6.07, 6.45) is 6.16. The molecule has 3 aromatic rings. The number of amides is 1. The van der Waals surface area contributed by atoms with Crippen LogP contribution in [0.15, 0.2) is 60.0 Å². The lowest BCUT2D eigenvalue weighted by atomic mass is 9.96. The zero-order valence-corrected chi connectivity index (χ0v) is 20.2. The van der Waals surface area contributed by atoms with E-state index in [0.29, 0.717) is 13.0 Å². The molecule has 35 heavy (non-hydrogen) atoms. The number of ketones is 1. The quantitative estimate of drug-likeness (QED) is 0.520. The molecule has 5 rings (SSSR count). The van der Waals surface area contributed by atoms with Gasteiger partial charge >= 0.3 is 0 Å². The van der Waals surface area contributed by atoms with E-state index in [4.69, 9.17) is 4.74 Å². The second-order valence-electron chi connectivity index (χ2n) is 9.33. The molecule has 3 heterocycles. The number of hydrogen-bond donors (Lipinski definition) is 2. The summed E-state index contributed by atoms with van der Waals surface area (Å²) in [5.74, 6) is -0.471. The van der Waals surface area contributed by atoms with E-state index in [1.165, 1.54) is 26.2 Å². The third-order valence-electron chi connectivity index (χ3n) is 7.21. The Morgan fingerprint density at radius 3 is 2.54 bits per heavy atom. The molecular weight excluding hydrogens is 442 g/mol. The van der Waals surface area contributed by atoms with Crippen LogP contribution in [0, 0.1) is 0 Å². The number of methoxy groups -OCH3 is 1. The summed E-state index contributed by atoms with van der Waals surface area (Å²) < 4.78 is 5.37. The maximum absolute atomic E-state index is 13.1. The summed E-state index contributed by atoms with van der Waals surface area (Å²) in [7, 11) is 1.63. The number of nitrogens with zero attached hydrogens (tertiary/aromatic N) is 2. The number of H-pyrrole nitrogens is 1. The molecule has 7 heteroatoms. The second kappa shape index (κ2) is 9.49. The van der Waals surface area contributed by atoms with Crippen molar-refractivity contribution in [2.24, 2.45) is 0 Å². The van der Waals surface area contributed by atoms with Crippen LogP contribution in [-0.2, 0) is 16.0 Å². The molecule has 0 saturated carbocycles. The summed E-state index contributed by atoms with van der Waals surface area (Å²) in [6, 6.07) is 13.3. The number of Topliss-reactive ketones (excluding diaryl/α,β-unsaturated/α-hetero) is 1. The first-order chi connectivity index (χ1) is 17.0. The first-order valence-electron chi connectivity index (χ1n) is 12.2. The first-order valence-corrected chi connectivity index (χ1v) is 12.2. The Hall–Kier alpha value is -3.74. The van der Waals surface area contributed by atoms with E-state index in [1.54, 1.807) is 12.0 Å². The zero-order chi connectivity index (χ0) is 24.5. The second-order valence-corrected chi connectivity index (χ2v) is 9.33. The zero-order valence-electron chi connectivity index (χ0n) is 20.2. The predicted octanol–water partition coefficient (Wildman–Crippen LogP) is 4.69. The molecule has 182 valence electrons. The fraction of sp³-hybridized carbons (Fsp3) is 0.357. The summed E-state index contributed by atoms with van der Waals surface area (Å²) >= 11 is 0. The first kappa shape index (κ1) is 23.0. The fourth-order valence-electron chi connectivity index (χ4n) is 5.34. The Labute approximate surface area is 205 Å². The number of aromatic nitrogens is 1. The molecule has 1 fully saturated rings. The number of rotatable bonds is 7. The van der Waals surface area contributed by atoms with Gasteiger partial charge in [-0.2, -0.15) is 0 Å². The highest BCUT2D eigenvalue weighted by Gasteiger charge is 2.42. The van der Waals surface area contributed by atoms with Crippen molar-refractivity contribution in [1.82, 2.24) is 9.88 Å². The number of aliphatic hydroxyl groups is 1. The molecule has 1 amide bonds. The van der Waals surface area contributed by atoms with Gasteiger partial charge in [0, 0.05) is 42.4 Å². The van der Waals surface area contributed by atoms with E-state index in [0.717, 1.165) is 46.6 Å². The van der Waals surface area contributed by atoms with Crippen LogP contribution in [0.5, 0.6) is 5.75 Å². The maximum atomic E-state index is 13.1. The number of benzene rings is 2. The van der Waals surface area contributed by atoms with Gasteiger partial charge in [-0.15, -0.1) is 0 Å². The lowest BCUT2D eigenvalue weighted by Gasteiger charge is -2.30. The Kier molecular flexibility index (Phi) is 6.24. The van der Waals surface area contributed by atoms with Crippen LogP contribution in [0.1, 0.15) is 43.4 Å². The molecule has 2 aromatic carbocycles. The lowest BCUT2D eigenvalue weighted by molar-refractivity contribution is -0.129. The number of carbonyl (C=O) groups excluding carboxylic acids is 2. The molecule has 1 aromatic heterocycles. The van der Waals surface area contributed by atoms with E-state index in [9.17, 15) is 14.7 Å². The van der Waals surface area contributed by atoms with Crippen molar-refractivity contribution in [3.63, 3.8) is 0 Å². The Morgan fingerprint density at radius 1 is 1.11 bits per heavy atom. The van der Waals surface area contributed by atoms with Crippen LogP contribution in [0.3, 0.4) is 0 Å². The van der Waals surface area contributed by atoms with Gasteiger partial charge in [0.2, 0.25) is 0 Å². The number of piperidine rings is 1. The van der Waals surface area contributed by atoms with Gasteiger partial charge in [0.15, 0.2) is 11.5 Å². The number of aromatic amines is 1. The van der Waals surface area contributed by atoms with Crippen molar-refractivity contribution in [3.8, 4) is 5.75 Å². The van der Waals surface area contributed by atoms with Gasteiger partial charge in [0.25, 0.3) is 5.91 Å². The molecule has 1 atom stereocenters. The number of nitrogens with one attached hydrogen (secondary N) is 1. The monoisotopic (exact) mass is 473 g/mol. The molecule has 1 unspecified atom stereocenters.